The maximum Gasteiger partial charge on any atom is 0.124 e. The minimum absolute atomic E-state index is 0.0594. The van der Waals surface area contributed by atoms with Gasteiger partial charge >= 0.3 is 0 Å². The summed E-state index contributed by atoms with van der Waals surface area (Å²) in [6, 6.07) is 8.20. The van der Waals surface area contributed by atoms with E-state index in [0.29, 0.717) is 6.61 Å². The van der Waals surface area contributed by atoms with Gasteiger partial charge in [-0.05, 0) is 58.4 Å². The van der Waals surface area contributed by atoms with Gasteiger partial charge in [-0.3, -0.25) is 0 Å². The second-order valence-corrected chi connectivity index (χ2v) is 6.15. The lowest BCUT2D eigenvalue weighted by atomic mass is 10.1. The lowest BCUT2D eigenvalue weighted by Crippen LogP contribution is -2.05. The van der Waals surface area contributed by atoms with Gasteiger partial charge in [-0.25, -0.2) is 0 Å². The molecule has 1 aromatic heterocycles. The molecule has 2 rings (SSSR count). The van der Waals surface area contributed by atoms with Crippen LogP contribution >= 0.6 is 27.3 Å². The van der Waals surface area contributed by atoms with Gasteiger partial charge in [0.2, 0.25) is 0 Å². The van der Waals surface area contributed by atoms with Gasteiger partial charge in [-0.2, -0.15) is 0 Å². The van der Waals surface area contributed by atoms with E-state index in [1.54, 1.807) is 11.3 Å². The topological polar surface area (TPSA) is 35.2 Å². The van der Waals surface area contributed by atoms with Crippen molar-refractivity contribution in [2.24, 2.45) is 5.73 Å². The van der Waals surface area contributed by atoms with E-state index in [0.717, 1.165) is 21.3 Å². The zero-order valence-electron chi connectivity index (χ0n) is 10.4. The first-order chi connectivity index (χ1) is 8.58. The smallest absolute Gasteiger partial charge is 0.124 e. The molecule has 1 atom stereocenters. The third-order valence-corrected chi connectivity index (χ3v) is 4.67. The lowest BCUT2D eigenvalue weighted by molar-refractivity contribution is 0.307. The summed E-state index contributed by atoms with van der Waals surface area (Å²) >= 11 is 5.19. The Morgan fingerprint density at radius 1 is 1.39 bits per heavy atom. The molecule has 1 unspecified atom stereocenters. The summed E-state index contributed by atoms with van der Waals surface area (Å²) in [4.78, 5) is 1.20. The Bertz CT molecular complexity index is 536. The van der Waals surface area contributed by atoms with E-state index in [1.165, 1.54) is 4.88 Å². The van der Waals surface area contributed by atoms with E-state index in [9.17, 15) is 0 Å². The van der Waals surface area contributed by atoms with Crippen molar-refractivity contribution in [2.75, 3.05) is 0 Å². The molecule has 96 valence electrons. The van der Waals surface area contributed by atoms with Crippen LogP contribution in [0, 0.1) is 6.92 Å². The zero-order valence-corrected chi connectivity index (χ0v) is 12.8. The Morgan fingerprint density at radius 2 is 2.17 bits per heavy atom. The van der Waals surface area contributed by atoms with Crippen LogP contribution in [0.25, 0.3) is 0 Å². The molecule has 0 aliphatic carbocycles. The van der Waals surface area contributed by atoms with Gasteiger partial charge < -0.3 is 10.5 Å². The number of hydrogen-bond acceptors (Lipinski definition) is 3. The van der Waals surface area contributed by atoms with E-state index in [2.05, 4.69) is 27.4 Å². The first-order valence-electron chi connectivity index (χ1n) is 5.78. The summed E-state index contributed by atoms with van der Waals surface area (Å²) in [5, 5.41) is 2.05. The fourth-order valence-corrected chi connectivity index (χ4v) is 3.07. The van der Waals surface area contributed by atoms with Crippen LogP contribution < -0.4 is 10.5 Å². The quantitative estimate of drug-likeness (QED) is 0.903. The van der Waals surface area contributed by atoms with Crippen LogP contribution in [0.3, 0.4) is 0 Å². The van der Waals surface area contributed by atoms with Gasteiger partial charge in [0.25, 0.3) is 0 Å². The second kappa shape index (κ2) is 5.87. The van der Waals surface area contributed by atoms with Crippen molar-refractivity contribution >= 4 is 27.3 Å². The molecule has 0 spiro atoms. The molecule has 0 saturated carbocycles. The van der Waals surface area contributed by atoms with Crippen molar-refractivity contribution in [1.29, 1.82) is 0 Å². The summed E-state index contributed by atoms with van der Waals surface area (Å²) in [6.07, 6.45) is 0. The largest absolute Gasteiger partial charge is 0.488 e. The standard InChI is InChI=1S/C14H16BrNOS/c1-9-7-11(10(2)16)3-4-13(9)17-8-14-12(15)5-6-18-14/h3-7,10H,8,16H2,1-2H3. The predicted octanol–water partition coefficient (Wildman–Crippen LogP) is 4.42. The summed E-state index contributed by atoms with van der Waals surface area (Å²) in [5.74, 6) is 0.916. The van der Waals surface area contributed by atoms with Crippen molar-refractivity contribution < 1.29 is 4.74 Å². The molecule has 1 heterocycles. The van der Waals surface area contributed by atoms with Gasteiger partial charge in [0.05, 0.1) is 4.88 Å². The molecule has 2 aromatic rings. The fraction of sp³-hybridized carbons (Fsp3) is 0.286. The van der Waals surface area contributed by atoms with E-state index < -0.39 is 0 Å². The summed E-state index contributed by atoms with van der Waals surface area (Å²) in [5.41, 5.74) is 8.12. The average Bonchev–Trinajstić information content (AvgIpc) is 2.73. The highest BCUT2D eigenvalue weighted by Crippen LogP contribution is 2.26. The SMILES string of the molecule is Cc1cc(C(C)N)ccc1OCc1sccc1Br. The zero-order chi connectivity index (χ0) is 13.1. The third-order valence-electron chi connectivity index (χ3n) is 2.77. The number of thiophene rings is 1. The minimum Gasteiger partial charge on any atom is -0.488 e. The Labute approximate surface area is 120 Å². The summed E-state index contributed by atoms with van der Waals surface area (Å²) in [7, 11) is 0. The molecule has 0 fully saturated rings. The molecule has 0 aliphatic heterocycles. The molecule has 2 N–H and O–H groups in total. The highest BCUT2D eigenvalue weighted by atomic mass is 79.9. The van der Waals surface area contributed by atoms with E-state index in [4.69, 9.17) is 10.5 Å². The van der Waals surface area contributed by atoms with Crippen molar-refractivity contribution in [1.82, 2.24) is 0 Å². The van der Waals surface area contributed by atoms with Crippen LogP contribution in [0.5, 0.6) is 5.75 Å². The highest BCUT2D eigenvalue weighted by Gasteiger charge is 2.06. The van der Waals surface area contributed by atoms with Gasteiger partial charge in [0, 0.05) is 10.5 Å². The van der Waals surface area contributed by atoms with Crippen LogP contribution in [0.2, 0.25) is 0 Å². The molecule has 0 amide bonds. The Morgan fingerprint density at radius 3 is 2.72 bits per heavy atom. The molecule has 0 saturated heterocycles. The summed E-state index contributed by atoms with van der Waals surface area (Å²) < 4.78 is 6.94. The van der Waals surface area contributed by atoms with E-state index in [-0.39, 0.29) is 6.04 Å². The van der Waals surface area contributed by atoms with Crippen molar-refractivity contribution in [3.8, 4) is 5.75 Å². The van der Waals surface area contributed by atoms with Crippen LogP contribution in [0.4, 0.5) is 0 Å². The van der Waals surface area contributed by atoms with E-state index in [1.807, 2.05) is 32.0 Å². The van der Waals surface area contributed by atoms with Crippen molar-refractivity contribution in [3.05, 3.63) is 50.1 Å². The predicted molar refractivity (Wildman–Crippen MR) is 80.1 cm³/mol. The highest BCUT2D eigenvalue weighted by molar-refractivity contribution is 9.10. The van der Waals surface area contributed by atoms with Crippen LogP contribution in [-0.4, -0.2) is 0 Å². The van der Waals surface area contributed by atoms with Gasteiger partial charge in [-0.1, -0.05) is 12.1 Å². The second-order valence-electron chi connectivity index (χ2n) is 4.29. The maximum absolute atomic E-state index is 5.86. The number of benzene rings is 1. The van der Waals surface area contributed by atoms with Crippen LogP contribution in [-0.2, 0) is 6.61 Å². The minimum atomic E-state index is 0.0594. The monoisotopic (exact) mass is 325 g/mol. The Hall–Kier alpha value is -0.840. The normalized spacial score (nSPS) is 12.4. The maximum atomic E-state index is 5.86. The van der Waals surface area contributed by atoms with Gasteiger partial charge in [-0.15, -0.1) is 11.3 Å². The van der Waals surface area contributed by atoms with Crippen LogP contribution in [0.1, 0.15) is 29.0 Å². The van der Waals surface area contributed by atoms with Gasteiger partial charge in [0.15, 0.2) is 0 Å². The average molecular weight is 326 g/mol. The first kappa shape index (κ1) is 13.6. The number of hydrogen-bond donors (Lipinski definition) is 1. The van der Waals surface area contributed by atoms with Crippen LogP contribution in [0.15, 0.2) is 34.1 Å². The molecule has 1 aromatic carbocycles. The molecular weight excluding hydrogens is 310 g/mol. The van der Waals surface area contributed by atoms with Gasteiger partial charge in [0.1, 0.15) is 12.4 Å². The molecule has 2 nitrogen and oxygen atoms in total. The molecule has 4 heteroatoms. The number of aryl methyl sites for hydroxylation is 1. The number of halogens is 1. The fourth-order valence-electron chi connectivity index (χ4n) is 1.69. The molecule has 0 aliphatic rings. The van der Waals surface area contributed by atoms with Crippen molar-refractivity contribution in [3.63, 3.8) is 0 Å². The number of rotatable bonds is 4. The van der Waals surface area contributed by atoms with Crippen molar-refractivity contribution in [2.45, 2.75) is 26.5 Å². The first-order valence-corrected chi connectivity index (χ1v) is 7.46. The lowest BCUT2D eigenvalue weighted by Gasteiger charge is -2.12. The summed E-state index contributed by atoms with van der Waals surface area (Å²) in [6.45, 7) is 4.62. The molecule has 0 bridgehead atoms. The molecule has 0 radical (unpaired) electrons. The number of ether oxygens (including phenoxy) is 1. The molecular formula is C14H16BrNOS. The molecule has 18 heavy (non-hydrogen) atoms. The number of nitrogens with two attached hydrogens (primary N) is 1. The van der Waals surface area contributed by atoms with E-state index >= 15 is 0 Å². The Kier molecular flexibility index (Phi) is 4.43. The third kappa shape index (κ3) is 3.13. The Balaban J connectivity index is 2.08.